The molecule has 0 spiro atoms. The lowest BCUT2D eigenvalue weighted by Gasteiger charge is -2.44. The van der Waals surface area contributed by atoms with E-state index in [-0.39, 0.29) is 11.3 Å². The quantitative estimate of drug-likeness (QED) is 0.699. The number of carbonyl (C=O) groups is 1. The average molecular weight is 254 g/mol. The Morgan fingerprint density at radius 1 is 1.44 bits per heavy atom. The molecule has 0 saturated heterocycles. The average Bonchev–Trinajstić information content (AvgIpc) is 2.34. The van der Waals surface area contributed by atoms with Crippen molar-refractivity contribution in [3.8, 4) is 0 Å². The second-order valence-corrected chi connectivity index (χ2v) is 6.12. The molecule has 3 heteroatoms. The summed E-state index contributed by atoms with van der Waals surface area (Å²) in [4.78, 5) is 12.2. The number of hydrogen-bond donors (Lipinski definition) is 2. The number of unbranched alkanes of at least 4 members (excludes halogenated alkanes) is 1. The molecule has 0 aromatic heterocycles. The van der Waals surface area contributed by atoms with Crippen LogP contribution in [0.5, 0.6) is 0 Å². The van der Waals surface area contributed by atoms with Crippen molar-refractivity contribution in [2.24, 2.45) is 23.0 Å². The summed E-state index contributed by atoms with van der Waals surface area (Å²) in [5.74, 6) is 1.47. The minimum absolute atomic E-state index is 0.193. The highest BCUT2D eigenvalue weighted by Gasteiger charge is 2.46. The number of nitrogens with one attached hydrogen (secondary N) is 1. The highest BCUT2D eigenvalue weighted by molar-refractivity contribution is 5.83. The predicted molar refractivity (Wildman–Crippen MR) is 76.2 cm³/mol. The van der Waals surface area contributed by atoms with Crippen LogP contribution < -0.4 is 11.1 Å². The van der Waals surface area contributed by atoms with Gasteiger partial charge in [-0.25, -0.2) is 0 Å². The minimum atomic E-state index is -0.248. The van der Waals surface area contributed by atoms with Gasteiger partial charge in [0.05, 0.1) is 5.41 Å². The lowest BCUT2D eigenvalue weighted by atomic mass is 9.62. The molecule has 106 valence electrons. The summed E-state index contributed by atoms with van der Waals surface area (Å²) in [6, 6.07) is 0. The maximum absolute atomic E-state index is 12.2. The van der Waals surface area contributed by atoms with Crippen molar-refractivity contribution in [2.45, 2.75) is 59.3 Å². The van der Waals surface area contributed by atoms with Gasteiger partial charge in [0.2, 0.25) is 5.91 Å². The molecule has 0 aromatic carbocycles. The molecule has 0 heterocycles. The summed E-state index contributed by atoms with van der Waals surface area (Å²) in [5, 5.41) is 3.14. The highest BCUT2D eigenvalue weighted by atomic mass is 16.2. The van der Waals surface area contributed by atoms with E-state index in [1.807, 2.05) is 0 Å². The molecule has 1 unspecified atom stereocenters. The summed E-state index contributed by atoms with van der Waals surface area (Å²) < 4.78 is 0. The molecular weight excluding hydrogens is 224 g/mol. The van der Waals surface area contributed by atoms with Crippen molar-refractivity contribution >= 4 is 5.91 Å². The zero-order valence-corrected chi connectivity index (χ0v) is 12.3. The number of hydrogen-bond acceptors (Lipinski definition) is 2. The van der Waals surface area contributed by atoms with Crippen molar-refractivity contribution in [1.82, 2.24) is 5.32 Å². The Hall–Kier alpha value is -0.570. The zero-order valence-electron chi connectivity index (χ0n) is 12.3. The van der Waals surface area contributed by atoms with Crippen LogP contribution >= 0.6 is 0 Å². The minimum Gasteiger partial charge on any atom is -0.355 e. The standard InChI is InChI=1S/C15H30N2O/c1-4-6-7-13(5-2)10-17-14(18)15(11-16)8-12(3)9-15/h12-13H,4-11,16H2,1-3H3,(H,17,18). The molecule has 1 saturated carbocycles. The van der Waals surface area contributed by atoms with Crippen molar-refractivity contribution in [3.05, 3.63) is 0 Å². The van der Waals surface area contributed by atoms with Crippen LogP contribution in [0.1, 0.15) is 59.3 Å². The van der Waals surface area contributed by atoms with Crippen LogP contribution in [0.3, 0.4) is 0 Å². The van der Waals surface area contributed by atoms with E-state index in [2.05, 4.69) is 26.1 Å². The molecule has 3 nitrogen and oxygen atoms in total. The molecule has 0 radical (unpaired) electrons. The van der Waals surface area contributed by atoms with Gasteiger partial charge >= 0.3 is 0 Å². The monoisotopic (exact) mass is 254 g/mol. The van der Waals surface area contributed by atoms with Crippen LogP contribution in [0.25, 0.3) is 0 Å². The van der Waals surface area contributed by atoms with Crippen LogP contribution in [0, 0.1) is 17.3 Å². The van der Waals surface area contributed by atoms with Crippen LogP contribution in [0.2, 0.25) is 0 Å². The van der Waals surface area contributed by atoms with Crippen LogP contribution in [0.4, 0.5) is 0 Å². The van der Waals surface area contributed by atoms with E-state index in [0.29, 0.717) is 18.4 Å². The molecule has 1 fully saturated rings. The Bertz CT molecular complexity index is 259. The smallest absolute Gasteiger partial charge is 0.227 e. The zero-order chi connectivity index (χ0) is 13.6. The topological polar surface area (TPSA) is 55.1 Å². The molecular formula is C15H30N2O. The summed E-state index contributed by atoms with van der Waals surface area (Å²) in [7, 11) is 0. The van der Waals surface area contributed by atoms with E-state index in [0.717, 1.165) is 25.8 Å². The summed E-state index contributed by atoms with van der Waals surface area (Å²) in [6.07, 6.45) is 6.77. The van der Waals surface area contributed by atoms with Gasteiger partial charge in [-0.3, -0.25) is 4.79 Å². The number of nitrogens with two attached hydrogens (primary N) is 1. The van der Waals surface area contributed by atoms with Gasteiger partial charge < -0.3 is 11.1 Å². The Morgan fingerprint density at radius 2 is 2.11 bits per heavy atom. The lowest BCUT2D eigenvalue weighted by molar-refractivity contribution is -0.138. The Morgan fingerprint density at radius 3 is 2.56 bits per heavy atom. The third-order valence-electron chi connectivity index (χ3n) is 4.45. The van der Waals surface area contributed by atoms with Crippen molar-refractivity contribution in [2.75, 3.05) is 13.1 Å². The van der Waals surface area contributed by atoms with Gasteiger partial charge in [0, 0.05) is 13.1 Å². The first-order valence-electron chi connectivity index (χ1n) is 7.56. The van der Waals surface area contributed by atoms with E-state index in [4.69, 9.17) is 5.73 Å². The lowest BCUT2D eigenvalue weighted by Crippen LogP contribution is -2.54. The first kappa shape index (κ1) is 15.5. The fourth-order valence-electron chi connectivity index (χ4n) is 3.09. The second kappa shape index (κ2) is 7.13. The van der Waals surface area contributed by atoms with Crippen LogP contribution in [-0.2, 0) is 4.79 Å². The Labute approximate surface area is 112 Å². The fraction of sp³-hybridized carbons (Fsp3) is 0.933. The maximum atomic E-state index is 12.2. The first-order valence-corrected chi connectivity index (χ1v) is 7.56. The SMILES string of the molecule is CCCCC(CC)CNC(=O)C1(CN)CC(C)C1. The van der Waals surface area contributed by atoms with Crippen LogP contribution in [0.15, 0.2) is 0 Å². The molecule has 1 aliphatic rings. The van der Waals surface area contributed by atoms with Gasteiger partial charge in [-0.2, -0.15) is 0 Å². The van der Waals surface area contributed by atoms with Gasteiger partial charge in [0.1, 0.15) is 0 Å². The summed E-state index contributed by atoms with van der Waals surface area (Å²) in [6.45, 7) is 7.93. The van der Waals surface area contributed by atoms with Gasteiger partial charge in [-0.05, 0) is 31.1 Å². The highest BCUT2D eigenvalue weighted by Crippen LogP contribution is 2.44. The largest absolute Gasteiger partial charge is 0.355 e. The third kappa shape index (κ3) is 3.71. The molecule has 0 bridgehead atoms. The van der Waals surface area contributed by atoms with Crippen LogP contribution in [-0.4, -0.2) is 19.0 Å². The molecule has 0 aromatic rings. The van der Waals surface area contributed by atoms with Gasteiger partial charge in [-0.1, -0.05) is 40.0 Å². The van der Waals surface area contributed by atoms with E-state index in [1.165, 1.54) is 19.3 Å². The molecule has 3 N–H and O–H groups in total. The Kier molecular flexibility index (Phi) is 6.13. The predicted octanol–water partition coefficient (Wildman–Crippen LogP) is 2.69. The van der Waals surface area contributed by atoms with E-state index in [9.17, 15) is 4.79 Å². The first-order chi connectivity index (χ1) is 8.57. The Balaban J connectivity index is 2.35. The van der Waals surface area contributed by atoms with E-state index < -0.39 is 0 Å². The molecule has 1 amide bonds. The fourth-order valence-corrected chi connectivity index (χ4v) is 3.09. The van der Waals surface area contributed by atoms with Gasteiger partial charge in [0.25, 0.3) is 0 Å². The molecule has 1 rings (SSSR count). The van der Waals surface area contributed by atoms with Gasteiger partial charge in [0.15, 0.2) is 0 Å². The van der Waals surface area contributed by atoms with E-state index >= 15 is 0 Å². The molecule has 0 aliphatic heterocycles. The van der Waals surface area contributed by atoms with Crippen molar-refractivity contribution in [1.29, 1.82) is 0 Å². The van der Waals surface area contributed by atoms with E-state index in [1.54, 1.807) is 0 Å². The second-order valence-electron chi connectivity index (χ2n) is 6.12. The number of rotatable bonds is 8. The summed E-state index contributed by atoms with van der Waals surface area (Å²) in [5.41, 5.74) is 5.54. The maximum Gasteiger partial charge on any atom is 0.227 e. The van der Waals surface area contributed by atoms with Gasteiger partial charge in [-0.15, -0.1) is 0 Å². The van der Waals surface area contributed by atoms with Crippen molar-refractivity contribution < 1.29 is 4.79 Å². The molecule has 1 atom stereocenters. The molecule has 18 heavy (non-hydrogen) atoms. The van der Waals surface area contributed by atoms with Crippen molar-refractivity contribution in [3.63, 3.8) is 0 Å². The number of amides is 1. The summed E-state index contributed by atoms with van der Waals surface area (Å²) >= 11 is 0. The molecule has 1 aliphatic carbocycles. The third-order valence-corrected chi connectivity index (χ3v) is 4.45. The normalized spacial score (nSPS) is 28.6. The number of carbonyl (C=O) groups excluding carboxylic acids is 1.